The van der Waals surface area contributed by atoms with Crippen molar-refractivity contribution in [3.8, 4) is 0 Å². The van der Waals surface area contributed by atoms with Crippen molar-refractivity contribution in [1.29, 1.82) is 0 Å². The fourth-order valence-corrected chi connectivity index (χ4v) is 3.38. The van der Waals surface area contributed by atoms with E-state index >= 15 is 0 Å². The van der Waals surface area contributed by atoms with Gasteiger partial charge in [0.2, 0.25) is 0 Å². The standard InChI is InChI=1S/C20H27F3N6.HI/c1-2-24-19(27-18-8-9-28(14-18)15-20(21,22)23)25-10-17-11-26-29(13-17)12-16-6-4-3-5-7-16;/h3-7,11,13,18H,2,8-10,12,14-15H2,1H3,(H2,24,25,27);1H. The zero-order valence-electron chi connectivity index (χ0n) is 16.9. The number of benzene rings is 1. The number of aliphatic imine (C=N–C) groups is 1. The van der Waals surface area contributed by atoms with Crippen molar-refractivity contribution < 1.29 is 13.2 Å². The molecule has 1 atom stereocenters. The number of aromatic nitrogens is 2. The molecule has 2 N–H and O–H groups in total. The SMILES string of the molecule is CCNC(=NCc1cnn(Cc2ccccc2)c1)NC1CCN(CC(F)(F)F)C1.I. The lowest BCUT2D eigenvalue weighted by Crippen LogP contribution is -2.45. The van der Waals surface area contributed by atoms with Crippen molar-refractivity contribution in [1.82, 2.24) is 25.3 Å². The van der Waals surface area contributed by atoms with Crippen LogP contribution in [-0.2, 0) is 13.1 Å². The molecule has 2 heterocycles. The number of hydrogen-bond acceptors (Lipinski definition) is 3. The average Bonchev–Trinajstić information content (AvgIpc) is 3.29. The van der Waals surface area contributed by atoms with Crippen LogP contribution in [0.25, 0.3) is 0 Å². The molecule has 0 bridgehead atoms. The Kier molecular flexibility index (Phi) is 9.40. The molecule has 1 aliphatic rings. The molecule has 0 spiro atoms. The number of hydrogen-bond donors (Lipinski definition) is 2. The Hall–Kier alpha value is -1.82. The fourth-order valence-electron chi connectivity index (χ4n) is 3.38. The molecule has 2 aromatic rings. The molecular weight excluding hydrogens is 508 g/mol. The van der Waals surface area contributed by atoms with E-state index in [1.165, 1.54) is 10.5 Å². The molecule has 0 aliphatic carbocycles. The first-order chi connectivity index (χ1) is 13.9. The third-order valence-corrected chi connectivity index (χ3v) is 4.65. The van der Waals surface area contributed by atoms with Gasteiger partial charge in [-0.3, -0.25) is 9.58 Å². The minimum atomic E-state index is -4.16. The normalized spacial score (nSPS) is 17.6. The van der Waals surface area contributed by atoms with Gasteiger partial charge in [-0.25, -0.2) is 4.99 Å². The quantitative estimate of drug-likeness (QED) is 0.324. The molecule has 0 radical (unpaired) electrons. The van der Waals surface area contributed by atoms with Gasteiger partial charge in [-0.2, -0.15) is 18.3 Å². The molecule has 166 valence electrons. The zero-order chi connectivity index (χ0) is 20.7. The van der Waals surface area contributed by atoms with E-state index in [9.17, 15) is 13.2 Å². The Balaban J connectivity index is 0.00000320. The van der Waals surface area contributed by atoms with Gasteiger partial charge in [0.15, 0.2) is 5.96 Å². The molecule has 1 aliphatic heterocycles. The highest BCUT2D eigenvalue weighted by atomic mass is 127. The largest absolute Gasteiger partial charge is 0.401 e. The summed E-state index contributed by atoms with van der Waals surface area (Å²) in [5, 5.41) is 10.8. The lowest BCUT2D eigenvalue weighted by Gasteiger charge is -2.19. The van der Waals surface area contributed by atoms with Crippen LogP contribution < -0.4 is 10.6 Å². The molecule has 0 amide bonds. The summed E-state index contributed by atoms with van der Waals surface area (Å²) in [5.41, 5.74) is 2.15. The molecule has 0 saturated carbocycles. The maximum atomic E-state index is 12.6. The minimum Gasteiger partial charge on any atom is -0.357 e. The molecule has 1 aromatic heterocycles. The van der Waals surface area contributed by atoms with E-state index in [1.807, 2.05) is 36.0 Å². The second-order valence-electron chi connectivity index (χ2n) is 7.21. The van der Waals surface area contributed by atoms with Crippen molar-refractivity contribution in [3.63, 3.8) is 0 Å². The first-order valence-electron chi connectivity index (χ1n) is 9.80. The van der Waals surface area contributed by atoms with Crippen LogP contribution in [0.4, 0.5) is 13.2 Å². The monoisotopic (exact) mass is 536 g/mol. The molecule has 6 nitrogen and oxygen atoms in total. The van der Waals surface area contributed by atoms with Crippen molar-refractivity contribution in [3.05, 3.63) is 53.9 Å². The van der Waals surface area contributed by atoms with Crippen LogP contribution in [0.5, 0.6) is 0 Å². The van der Waals surface area contributed by atoms with Gasteiger partial charge < -0.3 is 10.6 Å². The zero-order valence-corrected chi connectivity index (χ0v) is 19.2. The Morgan fingerprint density at radius 3 is 2.70 bits per heavy atom. The van der Waals surface area contributed by atoms with Gasteiger partial charge in [0.05, 0.1) is 25.8 Å². The van der Waals surface area contributed by atoms with E-state index in [2.05, 4.69) is 32.9 Å². The molecule has 1 fully saturated rings. The topological polar surface area (TPSA) is 57.5 Å². The number of halogens is 4. The third kappa shape index (κ3) is 8.13. The fraction of sp³-hybridized carbons (Fsp3) is 0.500. The number of rotatable bonds is 7. The van der Waals surface area contributed by atoms with Crippen LogP contribution in [-0.4, -0.2) is 59.0 Å². The summed E-state index contributed by atoms with van der Waals surface area (Å²) in [6, 6.07) is 10.0. The van der Waals surface area contributed by atoms with Gasteiger partial charge in [-0.05, 0) is 18.9 Å². The van der Waals surface area contributed by atoms with Crippen LogP contribution in [0.3, 0.4) is 0 Å². The van der Waals surface area contributed by atoms with E-state index in [4.69, 9.17) is 0 Å². The van der Waals surface area contributed by atoms with Gasteiger partial charge in [0, 0.05) is 37.4 Å². The predicted octanol–water partition coefficient (Wildman–Crippen LogP) is 3.24. The van der Waals surface area contributed by atoms with Crippen LogP contribution in [0.2, 0.25) is 0 Å². The molecule has 1 saturated heterocycles. The van der Waals surface area contributed by atoms with Crippen LogP contribution in [0, 0.1) is 0 Å². The van der Waals surface area contributed by atoms with E-state index < -0.39 is 12.7 Å². The van der Waals surface area contributed by atoms with Crippen molar-refractivity contribution in [2.45, 2.75) is 38.7 Å². The lowest BCUT2D eigenvalue weighted by molar-refractivity contribution is -0.143. The second kappa shape index (κ2) is 11.5. The highest BCUT2D eigenvalue weighted by Crippen LogP contribution is 2.19. The maximum absolute atomic E-state index is 12.6. The van der Waals surface area contributed by atoms with Gasteiger partial charge in [-0.1, -0.05) is 30.3 Å². The number of alkyl halides is 3. The van der Waals surface area contributed by atoms with Crippen LogP contribution in [0.1, 0.15) is 24.5 Å². The smallest absolute Gasteiger partial charge is 0.357 e. The Morgan fingerprint density at radius 2 is 2.00 bits per heavy atom. The van der Waals surface area contributed by atoms with Crippen LogP contribution in [0.15, 0.2) is 47.7 Å². The van der Waals surface area contributed by atoms with Crippen molar-refractivity contribution >= 4 is 29.9 Å². The summed E-state index contributed by atoms with van der Waals surface area (Å²) in [6.07, 6.45) is 0.250. The van der Waals surface area contributed by atoms with Gasteiger partial charge in [-0.15, -0.1) is 24.0 Å². The van der Waals surface area contributed by atoms with Crippen molar-refractivity contribution in [2.24, 2.45) is 4.99 Å². The number of nitrogens with one attached hydrogen (secondary N) is 2. The highest BCUT2D eigenvalue weighted by molar-refractivity contribution is 14.0. The third-order valence-electron chi connectivity index (χ3n) is 4.65. The summed E-state index contributed by atoms with van der Waals surface area (Å²) in [7, 11) is 0. The number of guanidine groups is 1. The molecule has 1 aromatic carbocycles. The Labute approximate surface area is 191 Å². The Bertz CT molecular complexity index is 793. The summed E-state index contributed by atoms with van der Waals surface area (Å²) in [4.78, 5) is 5.99. The lowest BCUT2D eigenvalue weighted by atomic mass is 10.2. The summed E-state index contributed by atoms with van der Waals surface area (Å²) in [5.74, 6) is 0.613. The molecule has 10 heteroatoms. The first-order valence-corrected chi connectivity index (χ1v) is 9.80. The van der Waals surface area contributed by atoms with Gasteiger partial charge in [0.1, 0.15) is 0 Å². The summed E-state index contributed by atoms with van der Waals surface area (Å²) >= 11 is 0. The van der Waals surface area contributed by atoms with Crippen molar-refractivity contribution in [2.75, 3.05) is 26.2 Å². The average molecular weight is 536 g/mol. The minimum absolute atomic E-state index is 0. The van der Waals surface area contributed by atoms with E-state index in [0.717, 1.165) is 5.56 Å². The predicted molar refractivity (Wildman–Crippen MR) is 122 cm³/mol. The van der Waals surface area contributed by atoms with Gasteiger partial charge >= 0.3 is 6.18 Å². The van der Waals surface area contributed by atoms with E-state index in [1.54, 1.807) is 6.20 Å². The summed E-state index contributed by atoms with van der Waals surface area (Å²) in [6.45, 7) is 3.71. The molecular formula is C20H28F3IN6. The maximum Gasteiger partial charge on any atom is 0.401 e. The Morgan fingerprint density at radius 1 is 1.23 bits per heavy atom. The first kappa shape index (κ1) is 24.4. The molecule has 3 rings (SSSR count). The van der Waals surface area contributed by atoms with Crippen LogP contribution >= 0.6 is 24.0 Å². The molecule has 1 unspecified atom stereocenters. The van der Waals surface area contributed by atoms with E-state index in [0.29, 0.717) is 45.1 Å². The summed E-state index contributed by atoms with van der Waals surface area (Å²) < 4.78 is 39.5. The van der Waals surface area contributed by atoms with E-state index in [-0.39, 0.29) is 30.0 Å². The highest BCUT2D eigenvalue weighted by Gasteiger charge is 2.34. The van der Waals surface area contributed by atoms with Gasteiger partial charge in [0.25, 0.3) is 0 Å². The number of likely N-dealkylation sites (tertiary alicyclic amines) is 1. The molecule has 30 heavy (non-hydrogen) atoms. The number of nitrogens with zero attached hydrogens (tertiary/aromatic N) is 4. The second-order valence-corrected chi connectivity index (χ2v) is 7.21.